The van der Waals surface area contributed by atoms with Crippen LogP contribution in [0.5, 0.6) is 11.5 Å². The van der Waals surface area contributed by atoms with Crippen LogP contribution in [0.2, 0.25) is 0 Å². The van der Waals surface area contributed by atoms with Crippen molar-refractivity contribution in [2.75, 3.05) is 19.8 Å². The molecule has 1 amide bonds. The van der Waals surface area contributed by atoms with Gasteiger partial charge in [-0.2, -0.15) is 5.10 Å². The van der Waals surface area contributed by atoms with Crippen LogP contribution < -0.4 is 25.5 Å². The Balaban J connectivity index is 1.38. The maximum Gasteiger partial charge on any atom is 0.338 e. The lowest BCUT2D eigenvalue weighted by molar-refractivity contribution is -0.139. The fraction of sp³-hybridized carbons (Fsp3) is 0.242. The van der Waals surface area contributed by atoms with Gasteiger partial charge in [-0.25, -0.2) is 15.0 Å². The Hall–Kier alpha value is -4.75. The molecule has 0 saturated heterocycles. The number of amides is 1. The van der Waals surface area contributed by atoms with Crippen LogP contribution in [-0.4, -0.2) is 49.0 Å². The summed E-state index contributed by atoms with van der Waals surface area (Å²) < 4.78 is 22.9. The molecule has 0 radical (unpaired) electrons. The Morgan fingerprint density at radius 3 is 2.41 bits per heavy atom. The van der Waals surface area contributed by atoms with Gasteiger partial charge in [0.25, 0.3) is 5.91 Å². The van der Waals surface area contributed by atoms with Gasteiger partial charge in [-0.3, -0.25) is 4.79 Å². The third-order valence-corrected chi connectivity index (χ3v) is 7.29. The second-order valence-corrected chi connectivity index (χ2v) is 11.1. The topological polar surface area (TPSA) is 137 Å². The van der Waals surface area contributed by atoms with Gasteiger partial charge in [-0.15, -0.1) is 0 Å². The number of carbonyl (C=O) groups excluding carboxylic acids is 3. The van der Waals surface area contributed by atoms with Crippen molar-refractivity contribution in [2.45, 2.75) is 33.4 Å². The van der Waals surface area contributed by atoms with Gasteiger partial charge in [-0.1, -0.05) is 46.3 Å². The molecule has 3 aromatic carbocycles. The van der Waals surface area contributed by atoms with Crippen LogP contribution in [0.15, 0.2) is 87.6 Å². The molecule has 3 N–H and O–H groups in total. The Bertz CT molecular complexity index is 1660. The summed E-state index contributed by atoms with van der Waals surface area (Å²) in [6.45, 7) is 5.65. The molecular weight excluding hydrogens is 676 g/mol. The number of nitrogens with zero attached hydrogens (tertiary/aromatic N) is 1. The molecule has 11 nitrogen and oxygen atoms in total. The molecule has 240 valence electrons. The molecule has 46 heavy (non-hydrogen) atoms. The zero-order chi connectivity index (χ0) is 33.1. The second-order valence-electron chi connectivity index (χ2n) is 9.80. The van der Waals surface area contributed by atoms with Crippen molar-refractivity contribution in [2.24, 2.45) is 5.10 Å². The Morgan fingerprint density at radius 1 is 0.957 bits per heavy atom. The summed E-state index contributed by atoms with van der Waals surface area (Å²) in [7, 11) is 0. The molecule has 0 aliphatic carbocycles. The van der Waals surface area contributed by atoms with Gasteiger partial charge in [0.2, 0.25) is 0 Å². The zero-order valence-electron chi connectivity index (χ0n) is 25.4. The van der Waals surface area contributed by atoms with Crippen LogP contribution in [0.4, 0.5) is 0 Å². The molecule has 1 heterocycles. The molecule has 1 atom stereocenters. The van der Waals surface area contributed by atoms with Crippen LogP contribution >= 0.6 is 28.1 Å². The molecule has 13 heteroatoms. The Labute approximate surface area is 280 Å². The first-order chi connectivity index (χ1) is 22.2. The summed E-state index contributed by atoms with van der Waals surface area (Å²) in [5, 5.41) is 10.5. The highest BCUT2D eigenvalue weighted by Gasteiger charge is 2.32. The van der Waals surface area contributed by atoms with Crippen LogP contribution in [0.1, 0.15) is 53.9 Å². The van der Waals surface area contributed by atoms with Crippen molar-refractivity contribution in [1.82, 2.24) is 16.1 Å². The normalized spacial score (nSPS) is 14.3. The van der Waals surface area contributed by atoms with Gasteiger partial charge in [0, 0.05) is 21.3 Å². The average molecular weight is 710 g/mol. The molecule has 1 aliphatic rings. The highest BCUT2D eigenvalue weighted by molar-refractivity contribution is 9.10. The number of hydrazone groups is 1. The first kappa shape index (κ1) is 34.1. The highest BCUT2D eigenvalue weighted by atomic mass is 79.9. The first-order valence-corrected chi connectivity index (χ1v) is 15.6. The van der Waals surface area contributed by atoms with Gasteiger partial charge in [-0.05, 0) is 75.0 Å². The fourth-order valence-electron chi connectivity index (χ4n) is 4.47. The van der Waals surface area contributed by atoms with E-state index in [0.29, 0.717) is 51.2 Å². The number of rotatable bonds is 13. The predicted octanol–water partition coefficient (Wildman–Crippen LogP) is 5.09. The number of benzene rings is 3. The predicted molar refractivity (Wildman–Crippen MR) is 179 cm³/mol. The van der Waals surface area contributed by atoms with Crippen molar-refractivity contribution >= 4 is 57.3 Å². The number of hydrogen-bond acceptors (Lipinski definition) is 9. The number of nitrogens with one attached hydrogen (secondary N) is 3. The summed E-state index contributed by atoms with van der Waals surface area (Å²) in [4.78, 5) is 37.3. The largest absolute Gasteiger partial charge is 0.488 e. The standard InChI is InChI=1S/C33H33BrN4O7S/c1-4-42-31(40)22-12-10-21(11-13-22)18-44-26-15-14-24(34)16-23(26)17-35-38-28(39)19-45-27-9-7-6-8-25(27)30-29(32(41)43-5-2)20(3)36-33(46)37-30/h6-17,30H,4-5,18-19H2,1-3H3,(H,38,39)(H2,36,37,46)/t30-/m0/s1. The van der Waals surface area contributed by atoms with Crippen molar-refractivity contribution in [3.05, 3.63) is 105 Å². The number of halogens is 1. The lowest BCUT2D eigenvalue weighted by Gasteiger charge is -2.30. The molecule has 0 aromatic heterocycles. The van der Waals surface area contributed by atoms with Crippen LogP contribution in [-0.2, 0) is 25.7 Å². The molecule has 3 aromatic rings. The summed E-state index contributed by atoms with van der Waals surface area (Å²) in [6, 6.07) is 18.8. The van der Waals surface area contributed by atoms with Crippen LogP contribution in [0, 0.1) is 0 Å². The molecule has 0 saturated carbocycles. The molecule has 0 bridgehead atoms. The fourth-order valence-corrected chi connectivity index (χ4v) is 5.12. The lowest BCUT2D eigenvalue weighted by Crippen LogP contribution is -2.45. The quantitative estimate of drug-likeness (QED) is 0.0954. The average Bonchev–Trinajstić information content (AvgIpc) is 3.03. The van der Waals surface area contributed by atoms with Gasteiger partial charge in [0.15, 0.2) is 11.7 Å². The third kappa shape index (κ3) is 9.14. The zero-order valence-corrected chi connectivity index (χ0v) is 27.8. The summed E-state index contributed by atoms with van der Waals surface area (Å²) >= 11 is 8.77. The number of carbonyl (C=O) groups is 3. The molecule has 0 fully saturated rings. The van der Waals surface area contributed by atoms with Crippen molar-refractivity contribution in [3.63, 3.8) is 0 Å². The number of hydrogen-bond donors (Lipinski definition) is 3. The number of thiocarbonyl (C=S) groups is 1. The van der Waals surface area contributed by atoms with Crippen LogP contribution in [0.3, 0.4) is 0 Å². The van der Waals surface area contributed by atoms with E-state index in [1.807, 2.05) is 6.07 Å². The van der Waals surface area contributed by atoms with Gasteiger partial charge >= 0.3 is 11.9 Å². The molecule has 1 aliphatic heterocycles. The highest BCUT2D eigenvalue weighted by Crippen LogP contribution is 2.33. The van der Waals surface area contributed by atoms with Crippen LogP contribution in [0.25, 0.3) is 0 Å². The Kier molecular flexibility index (Phi) is 12.3. The van der Waals surface area contributed by atoms with Crippen molar-refractivity contribution < 1.29 is 33.3 Å². The van der Waals surface area contributed by atoms with E-state index in [1.54, 1.807) is 81.4 Å². The third-order valence-electron chi connectivity index (χ3n) is 6.58. The minimum Gasteiger partial charge on any atom is -0.488 e. The second kappa shape index (κ2) is 16.5. The smallest absolute Gasteiger partial charge is 0.338 e. The maximum absolute atomic E-state index is 12.8. The van der Waals surface area contributed by atoms with E-state index in [4.69, 9.17) is 31.2 Å². The summed E-state index contributed by atoms with van der Waals surface area (Å²) in [6.07, 6.45) is 1.47. The maximum atomic E-state index is 12.8. The van der Waals surface area contributed by atoms with E-state index in [0.717, 1.165) is 10.0 Å². The van der Waals surface area contributed by atoms with E-state index in [2.05, 4.69) is 37.1 Å². The summed E-state index contributed by atoms with van der Waals surface area (Å²) in [5.41, 5.74) is 5.94. The summed E-state index contributed by atoms with van der Waals surface area (Å²) in [5.74, 6) is -0.448. The van der Waals surface area contributed by atoms with E-state index >= 15 is 0 Å². The van der Waals surface area contributed by atoms with Gasteiger partial charge in [0.1, 0.15) is 18.1 Å². The molecule has 0 unspecified atom stereocenters. The van der Waals surface area contributed by atoms with Crippen molar-refractivity contribution in [1.29, 1.82) is 0 Å². The first-order valence-electron chi connectivity index (χ1n) is 14.4. The Morgan fingerprint density at radius 2 is 1.67 bits per heavy atom. The molecular formula is C33H33BrN4O7S. The minimum atomic E-state index is -0.643. The van der Waals surface area contributed by atoms with Gasteiger partial charge in [0.05, 0.1) is 36.6 Å². The number of ether oxygens (including phenoxy) is 4. The van der Waals surface area contributed by atoms with Gasteiger partial charge < -0.3 is 29.6 Å². The van der Waals surface area contributed by atoms with E-state index < -0.39 is 17.9 Å². The number of allylic oxidation sites excluding steroid dienone is 1. The van der Waals surface area contributed by atoms with Crippen molar-refractivity contribution in [3.8, 4) is 11.5 Å². The lowest BCUT2D eigenvalue weighted by atomic mass is 9.95. The monoisotopic (exact) mass is 708 g/mol. The number of para-hydroxylation sites is 1. The van der Waals surface area contributed by atoms with E-state index in [-0.39, 0.29) is 25.8 Å². The minimum absolute atomic E-state index is 0.214. The molecule has 4 rings (SSSR count). The molecule has 0 spiro atoms. The van der Waals surface area contributed by atoms with E-state index in [1.165, 1.54) is 6.21 Å². The SMILES string of the molecule is CCOC(=O)C1=C(C)NC(=S)N[C@H]1c1ccccc1OCC(=O)NN=Cc1cc(Br)ccc1OCc1ccc(C(=O)OCC)cc1. The number of esters is 2. The van der Waals surface area contributed by atoms with E-state index in [9.17, 15) is 14.4 Å².